The number of halogens is 3. The lowest BCUT2D eigenvalue weighted by Gasteiger charge is -2.42. The van der Waals surface area contributed by atoms with Crippen molar-refractivity contribution in [1.82, 2.24) is 5.32 Å². The highest BCUT2D eigenvalue weighted by Gasteiger charge is 2.40. The zero-order valence-electron chi connectivity index (χ0n) is 14.3. The number of urea groups is 1. The van der Waals surface area contributed by atoms with E-state index in [2.05, 4.69) is 28.1 Å². The number of benzene rings is 2. The largest absolute Gasteiger partial charge is 0.337 e. The van der Waals surface area contributed by atoms with Gasteiger partial charge in [-0.2, -0.15) is 0 Å². The van der Waals surface area contributed by atoms with E-state index in [1.165, 1.54) is 15.6 Å². The molecular formula is C20H17F3N2OS. The van der Waals surface area contributed by atoms with Crippen LogP contribution < -0.4 is 10.6 Å². The topological polar surface area (TPSA) is 41.1 Å². The van der Waals surface area contributed by atoms with Crippen LogP contribution in [-0.2, 0) is 5.41 Å². The molecule has 1 heterocycles. The van der Waals surface area contributed by atoms with Crippen molar-refractivity contribution in [3.63, 3.8) is 0 Å². The predicted octanol–water partition coefficient (Wildman–Crippen LogP) is 5.56. The first-order valence-electron chi connectivity index (χ1n) is 8.65. The van der Waals surface area contributed by atoms with E-state index in [1.807, 2.05) is 12.1 Å². The molecule has 4 rings (SSSR count). The predicted molar refractivity (Wildman–Crippen MR) is 101 cm³/mol. The Morgan fingerprint density at radius 1 is 1.11 bits per heavy atom. The quantitative estimate of drug-likeness (QED) is 0.601. The van der Waals surface area contributed by atoms with Crippen molar-refractivity contribution in [3.05, 3.63) is 64.8 Å². The van der Waals surface area contributed by atoms with Crippen LogP contribution in [0.5, 0.6) is 0 Å². The zero-order valence-corrected chi connectivity index (χ0v) is 15.1. The van der Waals surface area contributed by atoms with Gasteiger partial charge < -0.3 is 10.6 Å². The van der Waals surface area contributed by atoms with Crippen molar-refractivity contribution in [2.75, 3.05) is 11.9 Å². The van der Waals surface area contributed by atoms with Crippen LogP contribution in [0.2, 0.25) is 0 Å². The number of fused-ring (bicyclic) bond motifs is 1. The number of thiophene rings is 1. The van der Waals surface area contributed by atoms with Gasteiger partial charge in [-0.3, -0.25) is 0 Å². The maximum atomic E-state index is 13.7. The van der Waals surface area contributed by atoms with Crippen LogP contribution >= 0.6 is 11.3 Å². The number of carbonyl (C=O) groups is 1. The minimum absolute atomic E-state index is 0.170. The van der Waals surface area contributed by atoms with Crippen LogP contribution in [0.4, 0.5) is 23.7 Å². The van der Waals surface area contributed by atoms with Gasteiger partial charge in [-0.15, -0.1) is 11.3 Å². The third kappa shape index (κ3) is 3.27. The van der Waals surface area contributed by atoms with Crippen molar-refractivity contribution in [2.45, 2.75) is 24.7 Å². The summed E-state index contributed by atoms with van der Waals surface area (Å²) in [5.41, 5.74) is 0.378. The summed E-state index contributed by atoms with van der Waals surface area (Å²) >= 11 is 1.67. The number of hydrogen-bond donors (Lipinski definition) is 2. The standard InChI is InChI=1S/C20H17F3N2OS/c21-12-8-15(22)18(16(23)9-12)25-19(26)24-11-20(6-3-7-20)14-10-27-17-5-2-1-4-13(14)17/h1-2,4-5,8-10H,3,6-7,11H2,(H2,24,25,26). The molecule has 0 aliphatic heterocycles. The van der Waals surface area contributed by atoms with Gasteiger partial charge in [0.15, 0.2) is 11.6 Å². The number of anilines is 1. The summed E-state index contributed by atoms with van der Waals surface area (Å²) in [6, 6.07) is 8.47. The Bertz CT molecular complexity index is 990. The van der Waals surface area contributed by atoms with Gasteiger partial charge in [-0.1, -0.05) is 24.6 Å². The van der Waals surface area contributed by atoms with Gasteiger partial charge in [0.05, 0.1) is 0 Å². The van der Waals surface area contributed by atoms with Gasteiger partial charge in [-0.25, -0.2) is 18.0 Å². The van der Waals surface area contributed by atoms with Gasteiger partial charge in [0.1, 0.15) is 11.5 Å². The molecule has 1 aliphatic rings. The molecule has 1 saturated carbocycles. The molecule has 1 aliphatic carbocycles. The van der Waals surface area contributed by atoms with Crippen molar-refractivity contribution in [2.24, 2.45) is 0 Å². The molecule has 0 saturated heterocycles. The molecule has 2 amide bonds. The normalized spacial score (nSPS) is 15.4. The summed E-state index contributed by atoms with van der Waals surface area (Å²) in [4.78, 5) is 12.2. The van der Waals surface area contributed by atoms with Crippen molar-refractivity contribution >= 4 is 33.1 Å². The second-order valence-electron chi connectivity index (χ2n) is 6.83. The highest BCUT2D eigenvalue weighted by atomic mass is 32.1. The van der Waals surface area contributed by atoms with Gasteiger partial charge in [0.2, 0.25) is 0 Å². The Hall–Kier alpha value is -2.54. The van der Waals surface area contributed by atoms with Crippen LogP contribution in [0.1, 0.15) is 24.8 Å². The summed E-state index contributed by atoms with van der Waals surface area (Å²) in [6.07, 6.45) is 2.94. The third-order valence-electron chi connectivity index (χ3n) is 5.20. The Morgan fingerprint density at radius 2 is 1.81 bits per heavy atom. The van der Waals surface area contributed by atoms with E-state index < -0.39 is 29.2 Å². The Balaban J connectivity index is 1.49. The van der Waals surface area contributed by atoms with Crippen LogP contribution in [0.15, 0.2) is 41.8 Å². The fourth-order valence-corrected chi connectivity index (χ4v) is 4.69. The van der Waals surface area contributed by atoms with Crippen LogP contribution in [0.3, 0.4) is 0 Å². The molecule has 0 unspecified atom stereocenters. The highest BCUT2D eigenvalue weighted by molar-refractivity contribution is 7.17. The fourth-order valence-electron chi connectivity index (χ4n) is 3.60. The lowest BCUT2D eigenvalue weighted by atomic mass is 9.64. The van der Waals surface area contributed by atoms with E-state index in [1.54, 1.807) is 11.3 Å². The molecule has 2 N–H and O–H groups in total. The smallest absolute Gasteiger partial charge is 0.319 e. The van der Waals surface area contributed by atoms with E-state index >= 15 is 0 Å². The molecule has 27 heavy (non-hydrogen) atoms. The summed E-state index contributed by atoms with van der Waals surface area (Å²) in [7, 11) is 0. The van der Waals surface area contributed by atoms with Gasteiger partial charge >= 0.3 is 6.03 Å². The summed E-state index contributed by atoms with van der Waals surface area (Å²) < 4.78 is 41.6. The molecule has 1 aromatic heterocycles. The molecule has 0 atom stereocenters. The second kappa shape index (κ2) is 6.88. The Kier molecular flexibility index (Phi) is 4.55. The first-order chi connectivity index (χ1) is 13.0. The van der Waals surface area contributed by atoms with Gasteiger partial charge in [-0.05, 0) is 35.2 Å². The molecular weight excluding hydrogens is 373 g/mol. The average molecular weight is 390 g/mol. The van der Waals surface area contributed by atoms with E-state index in [0.29, 0.717) is 18.7 Å². The third-order valence-corrected chi connectivity index (χ3v) is 6.16. The first-order valence-corrected chi connectivity index (χ1v) is 9.53. The zero-order chi connectivity index (χ0) is 19.0. The van der Waals surface area contributed by atoms with E-state index in [-0.39, 0.29) is 5.41 Å². The molecule has 3 aromatic rings. The molecule has 0 bridgehead atoms. The molecule has 140 valence electrons. The maximum Gasteiger partial charge on any atom is 0.319 e. The lowest BCUT2D eigenvalue weighted by molar-refractivity contribution is 0.223. The van der Waals surface area contributed by atoms with Gasteiger partial charge in [0.25, 0.3) is 0 Å². The molecule has 3 nitrogen and oxygen atoms in total. The first kappa shape index (κ1) is 17.9. The van der Waals surface area contributed by atoms with Crippen molar-refractivity contribution in [1.29, 1.82) is 0 Å². The highest BCUT2D eigenvalue weighted by Crippen LogP contribution is 2.47. The SMILES string of the molecule is O=C(NCC1(c2csc3ccccc23)CCC1)Nc1c(F)cc(F)cc1F. The average Bonchev–Trinajstić information content (AvgIpc) is 3.02. The Morgan fingerprint density at radius 3 is 2.48 bits per heavy atom. The fraction of sp³-hybridized carbons (Fsp3) is 0.250. The minimum atomic E-state index is -1.15. The van der Waals surface area contributed by atoms with Crippen molar-refractivity contribution in [3.8, 4) is 0 Å². The van der Waals surface area contributed by atoms with E-state index in [9.17, 15) is 18.0 Å². The van der Waals surface area contributed by atoms with Crippen LogP contribution in [0.25, 0.3) is 10.1 Å². The number of rotatable bonds is 4. The molecule has 2 aromatic carbocycles. The summed E-state index contributed by atoms with van der Waals surface area (Å²) in [6.45, 7) is 0.365. The second-order valence-corrected chi connectivity index (χ2v) is 7.74. The number of nitrogens with one attached hydrogen (secondary N) is 2. The number of carbonyl (C=O) groups excluding carboxylic acids is 1. The van der Waals surface area contributed by atoms with Crippen LogP contribution in [0, 0.1) is 17.5 Å². The minimum Gasteiger partial charge on any atom is -0.337 e. The Labute approximate surface area is 158 Å². The maximum absolute atomic E-state index is 13.7. The number of amides is 2. The summed E-state index contributed by atoms with van der Waals surface area (Å²) in [5, 5.41) is 8.18. The molecule has 0 radical (unpaired) electrons. The molecule has 7 heteroatoms. The van der Waals surface area contributed by atoms with Gasteiger partial charge in [0, 0.05) is 28.8 Å². The molecule has 1 fully saturated rings. The van der Waals surface area contributed by atoms with Crippen LogP contribution in [-0.4, -0.2) is 12.6 Å². The number of hydrogen-bond acceptors (Lipinski definition) is 2. The molecule has 0 spiro atoms. The lowest BCUT2D eigenvalue weighted by Crippen LogP contribution is -2.46. The van der Waals surface area contributed by atoms with Crippen molar-refractivity contribution < 1.29 is 18.0 Å². The van der Waals surface area contributed by atoms with E-state index in [0.717, 1.165) is 19.3 Å². The summed E-state index contributed by atoms with van der Waals surface area (Å²) in [5.74, 6) is -3.33. The van der Waals surface area contributed by atoms with E-state index in [4.69, 9.17) is 0 Å². The monoisotopic (exact) mass is 390 g/mol.